The van der Waals surface area contributed by atoms with Gasteiger partial charge >= 0.3 is 29.9 Å². The second kappa shape index (κ2) is 16.9. The summed E-state index contributed by atoms with van der Waals surface area (Å²) in [6, 6.07) is 39.3. The fourth-order valence-electron chi connectivity index (χ4n) is 6.33. The molecule has 0 N–H and O–H groups in total. The maximum absolute atomic E-state index is 14.2. The Hall–Kier alpha value is -7.12. The number of anilines is 1. The first-order valence-electron chi connectivity index (χ1n) is 17.6. The van der Waals surface area contributed by atoms with Crippen molar-refractivity contribution in [2.75, 3.05) is 18.1 Å². The van der Waals surface area contributed by atoms with Crippen molar-refractivity contribution in [1.29, 1.82) is 0 Å². The van der Waals surface area contributed by atoms with Crippen LogP contribution in [-0.2, 0) is 28.5 Å². The number of benzene rings is 5. The Morgan fingerprint density at radius 1 is 0.518 bits per heavy atom. The summed E-state index contributed by atoms with van der Waals surface area (Å²) in [5, 5.41) is 0. The molecule has 56 heavy (non-hydrogen) atoms. The van der Waals surface area contributed by atoms with E-state index in [0.717, 1.165) is 4.90 Å². The van der Waals surface area contributed by atoms with Crippen LogP contribution in [0.25, 0.3) is 0 Å². The Balaban J connectivity index is 1.33. The second-order valence-corrected chi connectivity index (χ2v) is 12.7. The number of para-hydroxylation sites is 1. The van der Waals surface area contributed by atoms with Crippen LogP contribution in [-0.4, -0.2) is 84.5 Å². The van der Waals surface area contributed by atoms with E-state index in [0.29, 0.717) is 5.69 Å². The van der Waals surface area contributed by atoms with E-state index in [9.17, 15) is 28.8 Å². The van der Waals surface area contributed by atoms with Gasteiger partial charge in [0.1, 0.15) is 19.3 Å². The zero-order valence-corrected chi connectivity index (χ0v) is 29.6. The molecule has 5 aromatic carbocycles. The van der Waals surface area contributed by atoms with Crippen LogP contribution in [0, 0.1) is 0 Å². The van der Waals surface area contributed by atoms with E-state index in [1.165, 1.54) is 53.4 Å². The molecule has 282 valence electrons. The molecule has 0 aliphatic carbocycles. The summed E-state index contributed by atoms with van der Waals surface area (Å²) in [4.78, 5) is 84.8. The monoisotopic (exact) mass is 754 g/mol. The van der Waals surface area contributed by atoms with Crippen molar-refractivity contribution < 1.29 is 52.5 Å². The van der Waals surface area contributed by atoms with Gasteiger partial charge in [-0.15, -0.1) is 0 Å². The molecular weight excluding hydrogens is 720 g/mol. The Labute approximate surface area is 320 Å². The first-order chi connectivity index (χ1) is 27.3. The van der Waals surface area contributed by atoms with Crippen molar-refractivity contribution in [3.63, 3.8) is 0 Å². The van der Waals surface area contributed by atoms with Gasteiger partial charge in [0.25, 0.3) is 5.91 Å². The van der Waals surface area contributed by atoms with Gasteiger partial charge in [-0.05, 0) is 60.7 Å². The molecule has 2 heterocycles. The van der Waals surface area contributed by atoms with Crippen molar-refractivity contribution in [1.82, 2.24) is 4.90 Å². The molecule has 2 aliphatic heterocycles. The van der Waals surface area contributed by atoms with Gasteiger partial charge in [-0.1, -0.05) is 91.0 Å². The normalized spacial score (nSPS) is 20.5. The zero-order valence-electron chi connectivity index (χ0n) is 29.6. The molecule has 0 unspecified atom stereocenters. The highest BCUT2D eigenvalue weighted by atomic mass is 16.7. The minimum absolute atomic E-state index is 0.0844. The van der Waals surface area contributed by atoms with Crippen LogP contribution >= 0.6 is 0 Å². The lowest BCUT2D eigenvalue weighted by molar-refractivity contribution is -0.252. The number of urea groups is 1. The minimum atomic E-state index is -1.78. The number of carbonyl (C=O) groups excluding carboxylic acids is 6. The molecule has 0 saturated carbocycles. The van der Waals surface area contributed by atoms with Gasteiger partial charge < -0.3 is 23.7 Å². The predicted molar refractivity (Wildman–Crippen MR) is 198 cm³/mol. The number of ether oxygens (including phenoxy) is 5. The number of nitrogens with zero attached hydrogens (tertiary/aromatic N) is 2. The van der Waals surface area contributed by atoms with Crippen LogP contribution in [0.3, 0.4) is 0 Å². The van der Waals surface area contributed by atoms with Gasteiger partial charge in [0.2, 0.25) is 0 Å². The molecule has 0 aromatic heterocycles. The van der Waals surface area contributed by atoms with Gasteiger partial charge in [0.05, 0.1) is 22.3 Å². The second-order valence-electron chi connectivity index (χ2n) is 12.7. The summed E-state index contributed by atoms with van der Waals surface area (Å²) in [6.07, 6.45) is -8.44. The van der Waals surface area contributed by atoms with Gasteiger partial charge in [-0.2, -0.15) is 0 Å². The maximum atomic E-state index is 14.2. The van der Waals surface area contributed by atoms with Crippen molar-refractivity contribution in [2.24, 2.45) is 0 Å². The SMILES string of the molecule is O=C(OC[C@H]1O[C@@H](N2C(=O)CN(c3ccccc3)C2=O)[C@H](OC(=O)c2ccccc2)[C@@H](OC(=O)c2ccccc2)[C@@H]1OC(=O)c1ccccc1)c1ccccc1. The summed E-state index contributed by atoms with van der Waals surface area (Å²) in [5.74, 6) is -4.22. The number of imide groups is 1. The van der Waals surface area contributed by atoms with Crippen LogP contribution in [0.15, 0.2) is 152 Å². The Kier molecular flexibility index (Phi) is 11.2. The van der Waals surface area contributed by atoms with Crippen molar-refractivity contribution in [3.8, 4) is 0 Å². The lowest BCUT2D eigenvalue weighted by Gasteiger charge is -2.46. The molecule has 13 nitrogen and oxygen atoms in total. The molecule has 0 spiro atoms. The summed E-state index contributed by atoms with van der Waals surface area (Å²) < 4.78 is 30.3. The molecule has 0 bridgehead atoms. The number of hydrogen-bond donors (Lipinski definition) is 0. The van der Waals surface area contributed by atoms with E-state index < -0.39 is 79.6 Å². The van der Waals surface area contributed by atoms with Crippen LogP contribution in [0.4, 0.5) is 10.5 Å². The highest BCUT2D eigenvalue weighted by molar-refractivity contribution is 6.12. The smallest absolute Gasteiger partial charge is 0.338 e. The fraction of sp³-hybridized carbons (Fsp3) is 0.163. The quantitative estimate of drug-likeness (QED) is 0.0925. The first-order valence-corrected chi connectivity index (χ1v) is 17.6. The standard InChI is InChI=1S/C43H34N2O11/c46-34-26-44(32-24-14-5-15-25-32)43(51)45(34)38-37(56-42(50)31-22-12-4-13-23-31)36(55-41(49)30-20-10-3-11-21-30)35(54-40(48)29-18-8-2-9-19-29)33(53-38)27-52-39(47)28-16-6-1-7-17-28/h1-25,33,35-38H,26-27H2/t33-,35-,36+,37-,38-/m1/s1. The number of esters is 4. The topological polar surface area (TPSA) is 155 Å². The third-order valence-electron chi connectivity index (χ3n) is 9.08. The molecular formula is C43H34N2O11. The minimum Gasteiger partial charge on any atom is -0.459 e. The van der Waals surface area contributed by atoms with Gasteiger partial charge in [0.15, 0.2) is 24.5 Å². The van der Waals surface area contributed by atoms with Gasteiger partial charge in [0, 0.05) is 5.69 Å². The van der Waals surface area contributed by atoms with E-state index in [-0.39, 0.29) is 22.3 Å². The van der Waals surface area contributed by atoms with Gasteiger partial charge in [-0.3, -0.25) is 9.69 Å². The Bertz CT molecular complexity index is 2190. The van der Waals surface area contributed by atoms with Crippen molar-refractivity contribution in [3.05, 3.63) is 174 Å². The van der Waals surface area contributed by atoms with Crippen molar-refractivity contribution >= 4 is 41.5 Å². The van der Waals surface area contributed by atoms with Crippen LogP contribution in [0.1, 0.15) is 41.4 Å². The van der Waals surface area contributed by atoms with Crippen molar-refractivity contribution in [2.45, 2.75) is 30.6 Å². The van der Waals surface area contributed by atoms with E-state index in [1.807, 2.05) is 0 Å². The molecule has 5 atom stereocenters. The summed E-state index contributed by atoms with van der Waals surface area (Å²) in [6.45, 7) is -1.02. The first kappa shape index (κ1) is 37.2. The average molecular weight is 755 g/mol. The molecule has 2 aliphatic rings. The summed E-state index contributed by atoms with van der Waals surface area (Å²) in [7, 11) is 0. The molecule has 13 heteroatoms. The molecule has 2 saturated heterocycles. The van der Waals surface area contributed by atoms with E-state index in [2.05, 4.69) is 0 Å². The molecule has 5 aromatic rings. The Morgan fingerprint density at radius 2 is 0.911 bits per heavy atom. The third kappa shape index (κ3) is 8.17. The largest absolute Gasteiger partial charge is 0.459 e. The Morgan fingerprint density at radius 3 is 1.38 bits per heavy atom. The van der Waals surface area contributed by atoms with Crippen LogP contribution in [0.5, 0.6) is 0 Å². The number of carbonyl (C=O) groups is 6. The summed E-state index contributed by atoms with van der Waals surface area (Å²) in [5.41, 5.74) is 0.887. The number of hydrogen-bond acceptors (Lipinski definition) is 11. The average Bonchev–Trinajstić information content (AvgIpc) is 3.55. The molecule has 0 radical (unpaired) electrons. The lowest BCUT2D eigenvalue weighted by atomic mass is 9.96. The van der Waals surface area contributed by atoms with E-state index >= 15 is 0 Å². The molecule has 3 amide bonds. The van der Waals surface area contributed by atoms with E-state index in [1.54, 1.807) is 103 Å². The molecule has 2 fully saturated rings. The zero-order chi connectivity index (χ0) is 39.0. The number of rotatable bonds is 11. The number of amides is 3. The highest BCUT2D eigenvalue weighted by Crippen LogP contribution is 2.35. The van der Waals surface area contributed by atoms with E-state index in [4.69, 9.17) is 23.7 Å². The highest BCUT2D eigenvalue weighted by Gasteiger charge is 2.58. The molecule has 7 rings (SSSR count). The third-order valence-corrected chi connectivity index (χ3v) is 9.08. The van der Waals surface area contributed by atoms with Crippen LogP contribution in [0.2, 0.25) is 0 Å². The van der Waals surface area contributed by atoms with Gasteiger partial charge in [-0.25, -0.2) is 28.9 Å². The predicted octanol–water partition coefficient (Wildman–Crippen LogP) is 5.71. The van der Waals surface area contributed by atoms with Crippen LogP contribution < -0.4 is 4.90 Å². The fourth-order valence-corrected chi connectivity index (χ4v) is 6.33. The summed E-state index contributed by atoms with van der Waals surface area (Å²) >= 11 is 0. The lowest BCUT2D eigenvalue weighted by Crippen LogP contribution is -2.67. The maximum Gasteiger partial charge on any atom is 0.338 e.